The zero-order valence-corrected chi connectivity index (χ0v) is 20.4. The van der Waals surface area contributed by atoms with Crippen molar-refractivity contribution in [2.45, 2.75) is 67.6 Å². The minimum Gasteiger partial charge on any atom is -0.496 e. The molecule has 9 heteroatoms. The van der Waals surface area contributed by atoms with Crippen LogP contribution in [0.5, 0.6) is 5.75 Å². The van der Waals surface area contributed by atoms with Crippen LogP contribution < -0.4 is 4.74 Å². The van der Waals surface area contributed by atoms with E-state index in [0.29, 0.717) is 29.1 Å². The van der Waals surface area contributed by atoms with Crippen molar-refractivity contribution in [3.8, 4) is 5.75 Å². The first kappa shape index (κ1) is 25.2. The molecule has 0 aliphatic carbocycles. The van der Waals surface area contributed by atoms with Gasteiger partial charge in [-0.3, -0.25) is 4.57 Å². The predicted octanol–water partition coefficient (Wildman–Crippen LogP) is 4.92. The van der Waals surface area contributed by atoms with E-state index in [4.69, 9.17) is 4.74 Å². The fourth-order valence-electron chi connectivity index (χ4n) is 4.39. The van der Waals surface area contributed by atoms with E-state index in [0.717, 1.165) is 24.0 Å². The average Bonchev–Trinajstić information content (AvgIpc) is 2.83. The van der Waals surface area contributed by atoms with Crippen molar-refractivity contribution in [3.63, 3.8) is 0 Å². The van der Waals surface area contributed by atoms with Gasteiger partial charge in [0.15, 0.2) is 0 Å². The van der Waals surface area contributed by atoms with E-state index in [1.54, 1.807) is 12.1 Å². The van der Waals surface area contributed by atoms with Crippen LogP contribution in [0.1, 0.15) is 62.3 Å². The number of hydrogen-bond donors (Lipinski definition) is 4. The highest BCUT2D eigenvalue weighted by Crippen LogP contribution is 2.52. The van der Waals surface area contributed by atoms with Crippen LogP contribution in [0.2, 0.25) is 0 Å². The summed E-state index contributed by atoms with van der Waals surface area (Å²) < 4.78 is 17.2. The molecule has 0 radical (unpaired) electrons. The third-order valence-electron chi connectivity index (χ3n) is 6.17. The molecule has 0 amide bonds. The van der Waals surface area contributed by atoms with Crippen molar-refractivity contribution in [2.24, 2.45) is 0 Å². The number of thioether (sulfide) groups is 1. The number of hydrogen-bond acceptors (Lipinski definition) is 6. The largest absolute Gasteiger partial charge is 0.496 e. The number of rotatable bonds is 8. The SMILES string of the molecule is CCCC[C@]1(CC)C(O)Sc2cc(CP(=O)(O)O)c(OC)cc2[C@H](c2ccccc2)N1O. The molecule has 2 aromatic carbocycles. The van der Waals surface area contributed by atoms with Gasteiger partial charge in [0.1, 0.15) is 11.2 Å². The number of nitrogens with zero attached hydrogens (tertiary/aromatic N) is 1. The Bertz CT molecular complexity index is 968. The lowest BCUT2D eigenvalue weighted by Crippen LogP contribution is -2.54. The van der Waals surface area contributed by atoms with E-state index in [2.05, 4.69) is 6.92 Å². The van der Waals surface area contributed by atoms with E-state index < -0.39 is 30.8 Å². The molecule has 32 heavy (non-hydrogen) atoms. The quantitative estimate of drug-likeness (QED) is 0.394. The summed E-state index contributed by atoms with van der Waals surface area (Å²) in [6.07, 6.45) is 2.44. The zero-order chi connectivity index (χ0) is 23.5. The summed E-state index contributed by atoms with van der Waals surface area (Å²) in [4.78, 5) is 19.8. The molecule has 1 aliphatic rings. The van der Waals surface area contributed by atoms with Gasteiger partial charge in [-0.1, -0.05) is 68.8 Å². The van der Waals surface area contributed by atoms with Crippen LogP contribution >= 0.6 is 19.4 Å². The number of unbranched alkanes of at least 4 members (excludes halogenated alkanes) is 1. The van der Waals surface area contributed by atoms with Gasteiger partial charge in [-0.2, -0.15) is 5.06 Å². The summed E-state index contributed by atoms with van der Waals surface area (Å²) in [5, 5.41) is 24.3. The number of ether oxygens (including phenoxy) is 1. The second-order valence-electron chi connectivity index (χ2n) is 8.21. The molecule has 0 bridgehead atoms. The smallest absolute Gasteiger partial charge is 0.330 e. The maximum absolute atomic E-state index is 11.7. The van der Waals surface area contributed by atoms with Gasteiger partial charge in [0, 0.05) is 10.5 Å². The molecule has 2 aromatic rings. The van der Waals surface area contributed by atoms with Crippen molar-refractivity contribution in [1.82, 2.24) is 5.06 Å². The molecule has 0 saturated heterocycles. The summed E-state index contributed by atoms with van der Waals surface area (Å²) in [5.41, 5.74) is 0.114. The topological polar surface area (TPSA) is 110 Å². The Morgan fingerprint density at radius 1 is 1.19 bits per heavy atom. The van der Waals surface area contributed by atoms with Crippen molar-refractivity contribution in [3.05, 3.63) is 59.2 Å². The monoisotopic (exact) mass is 481 g/mol. The third-order valence-corrected chi connectivity index (χ3v) is 8.20. The molecule has 4 N–H and O–H groups in total. The molecule has 1 unspecified atom stereocenters. The van der Waals surface area contributed by atoms with Gasteiger partial charge in [0.2, 0.25) is 0 Å². The Balaban J connectivity index is 2.24. The minimum atomic E-state index is -4.33. The van der Waals surface area contributed by atoms with Gasteiger partial charge in [-0.15, -0.1) is 0 Å². The highest BCUT2D eigenvalue weighted by molar-refractivity contribution is 7.99. The molecule has 1 heterocycles. The Morgan fingerprint density at radius 2 is 1.88 bits per heavy atom. The van der Waals surface area contributed by atoms with Crippen molar-refractivity contribution < 1.29 is 29.4 Å². The van der Waals surface area contributed by atoms with Gasteiger partial charge in [-0.05, 0) is 36.1 Å². The molecule has 1 aliphatic heterocycles. The Kier molecular flexibility index (Phi) is 8.10. The second kappa shape index (κ2) is 10.3. The normalized spacial score (nSPS) is 24.1. The molecule has 7 nitrogen and oxygen atoms in total. The standard InChI is InChI=1S/C23H32NO6PS/c1-4-6-12-23(5-2)22(25)32-20-13-17(15-31(27,28)29)19(30-3)14-18(20)21(24(23)26)16-10-8-7-9-11-16/h7-11,13-14,21-22,25-26H,4-6,12,15H2,1-3H3,(H2,27,28,29)/t21-,22?,23+/m0/s1. The van der Waals surface area contributed by atoms with Gasteiger partial charge in [0.05, 0.1) is 24.9 Å². The lowest BCUT2D eigenvalue weighted by molar-refractivity contribution is -0.217. The Hall–Kier alpha value is -1.38. The summed E-state index contributed by atoms with van der Waals surface area (Å²) in [6.45, 7) is 4.03. The third kappa shape index (κ3) is 5.07. The van der Waals surface area contributed by atoms with Crippen LogP contribution in [0.4, 0.5) is 0 Å². The summed E-state index contributed by atoms with van der Waals surface area (Å²) in [6, 6.07) is 12.4. The highest BCUT2D eigenvalue weighted by Gasteiger charge is 2.48. The number of methoxy groups -OCH3 is 1. The van der Waals surface area contributed by atoms with Crippen LogP contribution in [0, 0.1) is 0 Å². The van der Waals surface area contributed by atoms with E-state index in [9.17, 15) is 24.7 Å². The van der Waals surface area contributed by atoms with Gasteiger partial charge >= 0.3 is 7.60 Å². The molecular formula is C23H32NO6PS. The lowest BCUT2D eigenvalue weighted by Gasteiger charge is -2.44. The second-order valence-corrected chi connectivity index (χ2v) is 11.0. The van der Waals surface area contributed by atoms with Crippen LogP contribution in [-0.2, 0) is 10.7 Å². The number of aliphatic hydroxyl groups is 1. The molecule has 0 spiro atoms. The predicted molar refractivity (Wildman–Crippen MR) is 125 cm³/mol. The van der Waals surface area contributed by atoms with E-state index in [-0.39, 0.29) is 0 Å². The molecule has 0 aromatic heterocycles. The van der Waals surface area contributed by atoms with Crippen LogP contribution in [-0.4, -0.2) is 43.2 Å². The fraction of sp³-hybridized carbons (Fsp3) is 0.478. The average molecular weight is 482 g/mol. The van der Waals surface area contributed by atoms with Gasteiger partial charge in [-0.25, -0.2) is 0 Å². The number of benzene rings is 2. The number of hydroxylamine groups is 2. The minimum absolute atomic E-state index is 0.342. The molecular weight excluding hydrogens is 449 g/mol. The fourth-order valence-corrected chi connectivity index (χ4v) is 6.45. The zero-order valence-electron chi connectivity index (χ0n) is 18.6. The van der Waals surface area contributed by atoms with E-state index >= 15 is 0 Å². The Morgan fingerprint density at radius 3 is 2.44 bits per heavy atom. The van der Waals surface area contributed by atoms with Crippen molar-refractivity contribution in [1.29, 1.82) is 0 Å². The Labute approximate surface area is 193 Å². The first-order chi connectivity index (χ1) is 15.2. The van der Waals surface area contributed by atoms with E-state index in [1.165, 1.54) is 23.9 Å². The first-order valence-electron chi connectivity index (χ1n) is 10.8. The first-order valence-corrected chi connectivity index (χ1v) is 13.5. The maximum Gasteiger partial charge on any atom is 0.330 e. The van der Waals surface area contributed by atoms with Crippen LogP contribution in [0.15, 0.2) is 47.4 Å². The van der Waals surface area contributed by atoms with Crippen LogP contribution in [0.25, 0.3) is 0 Å². The van der Waals surface area contributed by atoms with Crippen molar-refractivity contribution in [2.75, 3.05) is 7.11 Å². The van der Waals surface area contributed by atoms with E-state index in [1.807, 2.05) is 37.3 Å². The highest BCUT2D eigenvalue weighted by atomic mass is 32.2. The summed E-state index contributed by atoms with van der Waals surface area (Å²) in [7, 11) is -2.88. The molecule has 3 atom stereocenters. The summed E-state index contributed by atoms with van der Waals surface area (Å²) in [5.74, 6) is 0.342. The number of fused-ring (bicyclic) bond motifs is 1. The molecule has 0 saturated carbocycles. The lowest BCUT2D eigenvalue weighted by atomic mass is 9.86. The van der Waals surface area contributed by atoms with Crippen molar-refractivity contribution >= 4 is 19.4 Å². The van der Waals surface area contributed by atoms with Gasteiger partial charge in [0.25, 0.3) is 0 Å². The maximum atomic E-state index is 11.7. The number of aliphatic hydroxyl groups excluding tert-OH is 1. The molecule has 0 fully saturated rings. The molecule has 3 rings (SSSR count). The van der Waals surface area contributed by atoms with Gasteiger partial charge < -0.3 is 24.8 Å². The van der Waals surface area contributed by atoms with Crippen LogP contribution in [0.3, 0.4) is 0 Å². The molecule has 176 valence electrons. The summed E-state index contributed by atoms with van der Waals surface area (Å²) >= 11 is 1.22.